The lowest BCUT2D eigenvalue weighted by Crippen LogP contribution is -2.26. The zero-order valence-corrected chi connectivity index (χ0v) is 14.4. The molecule has 0 unspecified atom stereocenters. The quantitative estimate of drug-likeness (QED) is 0.812. The smallest absolute Gasteiger partial charge is 0.253 e. The molecule has 0 saturated carbocycles. The fraction of sp³-hybridized carbons (Fsp3) is 0.235. The van der Waals surface area contributed by atoms with Gasteiger partial charge in [0.15, 0.2) is 11.5 Å². The van der Waals surface area contributed by atoms with Crippen LogP contribution in [0.25, 0.3) is 0 Å². The van der Waals surface area contributed by atoms with Crippen molar-refractivity contribution in [2.75, 3.05) is 21.3 Å². The number of hydrogen-bond acceptors (Lipinski definition) is 3. The lowest BCUT2D eigenvalue weighted by atomic mass is 10.1. The molecule has 2 aromatic rings. The van der Waals surface area contributed by atoms with E-state index in [0.717, 1.165) is 10.0 Å². The van der Waals surface area contributed by atoms with E-state index in [9.17, 15) is 4.79 Å². The van der Waals surface area contributed by atoms with Crippen molar-refractivity contribution in [3.05, 3.63) is 58.1 Å². The molecule has 2 aromatic carbocycles. The number of amides is 1. The third-order valence-electron chi connectivity index (χ3n) is 3.31. The number of halogens is 1. The number of carbonyl (C=O) groups excluding carboxylic acids is 1. The maximum Gasteiger partial charge on any atom is 0.253 e. The lowest BCUT2D eigenvalue weighted by Gasteiger charge is -2.20. The summed E-state index contributed by atoms with van der Waals surface area (Å²) >= 11 is 3.38. The minimum atomic E-state index is -0.0498. The number of carbonyl (C=O) groups is 1. The van der Waals surface area contributed by atoms with Crippen molar-refractivity contribution < 1.29 is 14.3 Å². The Bertz CT molecular complexity index is 673. The molecule has 4 nitrogen and oxygen atoms in total. The van der Waals surface area contributed by atoms with E-state index in [1.165, 1.54) is 0 Å². The van der Waals surface area contributed by atoms with Crippen LogP contribution in [0.2, 0.25) is 0 Å². The van der Waals surface area contributed by atoms with Gasteiger partial charge >= 0.3 is 0 Å². The van der Waals surface area contributed by atoms with Gasteiger partial charge in [-0.05, 0) is 24.3 Å². The molecular formula is C17H18BrNO3. The van der Waals surface area contributed by atoms with Gasteiger partial charge in [-0.2, -0.15) is 0 Å². The Morgan fingerprint density at radius 2 is 1.86 bits per heavy atom. The zero-order valence-electron chi connectivity index (χ0n) is 12.8. The first-order valence-electron chi connectivity index (χ1n) is 6.77. The van der Waals surface area contributed by atoms with Crippen molar-refractivity contribution in [1.29, 1.82) is 0 Å². The summed E-state index contributed by atoms with van der Waals surface area (Å²) < 4.78 is 11.6. The van der Waals surface area contributed by atoms with Gasteiger partial charge in [0.1, 0.15) is 0 Å². The molecule has 0 fully saturated rings. The van der Waals surface area contributed by atoms with Crippen LogP contribution in [-0.2, 0) is 6.54 Å². The number of benzene rings is 2. The summed E-state index contributed by atoms with van der Waals surface area (Å²) in [6, 6.07) is 13.0. The molecule has 0 heterocycles. The zero-order chi connectivity index (χ0) is 16.1. The standard InChI is InChI=1S/C17H18BrNO3/c1-19(17(20)12-6-4-8-14(18)10-12)11-13-7-5-9-15(21-2)16(13)22-3/h4-10H,11H2,1-3H3. The van der Waals surface area contributed by atoms with Crippen molar-refractivity contribution in [1.82, 2.24) is 4.90 Å². The maximum atomic E-state index is 12.5. The molecule has 0 saturated heterocycles. The molecule has 1 amide bonds. The number of hydrogen-bond donors (Lipinski definition) is 0. The van der Waals surface area contributed by atoms with Crippen LogP contribution in [0.4, 0.5) is 0 Å². The molecule has 5 heteroatoms. The molecule has 0 aromatic heterocycles. The molecule has 0 radical (unpaired) electrons. The second kappa shape index (κ2) is 7.31. The molecule has 0 spiro atoms. The lowest BCUT2D eigenvalue weighted by molar-refractivity contribution is 0.0784. The van der Waals surface area contributed by atoms with Gasteiger partial charge in [0, 0.05) is 29.2 Å². The summed E-state index contributed by atoms with van der Waals surface area (Å²) in [5, 5.41) is 0. The van der Waals surface area contributed by atoms with Crippen molar-refractivity contribution in [3.63, 3.8) is 0 Å². The van der Waals surface area contributed by atoms with E-state index in [0.29, 0.717) is 23.6 Å². The first-order chi connectivity index (χ1) is 10.6. The monoisotopic (exact) mass is 363 g/mol. The Morgan fingerprint density at radius 3 is 2.50 bits per heavy atom. The van der Waals surface area contributed by atoms with Crippen molar-refractivity contribution in [2.24, 2.45) is 0 Å². The van der Waals surface area contributed by atoms with Crippen LogP contribution < -0.4 is 9.47 Å². The van der Waals surface area contributed by atoms with Crippen molar-refractivity contribution in [3.8, 4) is 11.5 Å². The molecular weight excluding hydrogens is 346 g/mol. The Hall–Kier alpha value is -2.01. The van der Waals surface area contributed by atoms with Crippen LogP contribution >= 0.6 is 15.9 Å². The second-order valence-electron chi connectivity index (χ2n) is 4.82. The summed E-state index contributed by atoms with van der Waals surface area (Å²) in [5.41, 5.74) is 1.53. The second-order valence-corrected chi connectivity index (χ2v) is 5.74. The average Bonchev–Trinajstić information content (AvgIpc) is 2.53. The molecule has 116 valence electrons. The highest BCUT2D eigenvalue weighted by Crippen LogP contribution is 2.31. The van der Waals surface area contributed by atoms with Gasteiger partial charge in [0.05, 0.1) is 14.2 Å². The topological polar surface area (TPSA) is 38.8 Å². The SMILES string of the molecule is COc1cccc(CN(C)C(=O)c2cccc(Br)c2)c1OC. The van der Waals surface area contributed by atoms with E-state index < -0.39 is 0 Å². The molecule has 0 aliphatic heterocycles. The summed E-state index contributed by atoms with van der Waals surface area (Å²) in [7, 11) is 4.96. The maximum absolute atomic E-state index is 12.5. The number of ether oxygens (including phenoxy) is 2. The van der Waals surface area contributed by atoms with E-state index in [4.69, 9.17) is 9.47 Å². The van der Waals surface area contributed by atoms with Gasteiger partial charge in [-0.1, -0.05) is 34.1 Å². The first-order valence-corrected chi connectivity index (χ1v) is 7.57. The van der Waals surface area contributed by atoms with Gasteiger partial charge in [-0.3, -0.25) is 4.79 Å². The first kappa shape index (κ1) is 16.4. The van der Waals surface area contributed by atoms with E-state index in [1.807, 2.05) is 36.4 Å². The minimum Gasteiger partial charge on any atom is -0.493 e. The van der Waals surface area contributed by atoms with E-state index >= 15 is 0 Å². The molecule has 0 aliphatic rings. The molecule has 0 aliphatic carbocycles. The number of nitrogens with zero attached hydrogens (tertiary/aromatic N) is 1. The minimum absolute atomic E-state index is 0.0498. The van der Waals surface area contributed by atoms with Gasteiger partial charge in [-0.15, -0.1) is 0 Å². The summed E-state index contributed by atoms with van der Waals surface area (Å²) in [6.07, 6.45) is 0. The van der Waals surface area contributed by atoms with E-state index in [2.05, 4.69) is 15.9 Å². The van der Waals surface area contributed by atoms with Crippen LogP contribution in [0.1, 0.15) is 15.9 Å². The number of para-hydroxylation sites is 1. The molecule has 2 rings (SSSR count). The van der Waals surface area contributed by atoms with Crippen LogP contribution in [0.15, 0.2) is 46.9 Å². The predicted molar refractivity (Wildman–Crippen MR) is 89.5 cm³/mol. The van der Waals surface area contributed by atoms with E-state index in [1.54, 1.807) is 32.2 Å². The van der Waals surface area contributed by atoms with Crippen LogP contribution in [0, 0.1) is 0 Å². The summed E-state index contributed by atoms with van der Waals surface area (Å²) in [4.78, 5) is 14.1. The highest BCUT2D eigenvalue weighted by Gasteiger charge is 2.16. The Labute approximate surface area is 138 Å². The average molecular weight is 364 g/mol. The van der Waals surface area contributed by atoms with Gasteiger partial charge in [0.25, 0.3) is 5.91 Å². The van der Waals surface area contributed by atoms with Crippen molar-refractivity contribution >= 4 is 21.8 Å². The normalized spacial score (nSPS) is 10.2. The van der Waals surface area contributed by atoms with Crippen LogP contribution in [0.5, 0.6) is 11.5 Å². The molecule has 0 bridgehead atoms. The van der Waals surface area contributed by atoms with Crippen LogP contribution in [0.3, 0.4) is 0 Å². The Morgan fingerprint density at radius 1 is 1.14 bits per heavy atom. The molecule has 22 heavy (non-hydrogen) atoms. The summed E-state index contributed by atoms with van der Waals surface area (Å²) in [6.45, 7) is 0.436. The van der Waals surface area contributed by atoms with Gasteiger partial charge in [0.2, 0.25) is 0 Å². The fourth-order valence-electron chi connectivity index (χ4n) is 2.25. The Kier molecular flexibility index (Phi) is 5.44. The number of methoxy groups -OCH3 is 2. The third kappa shape index (κ3) is 3.60. The fourth-order valence-corrected chi connectivity index (χ4v) is 2.65. The molecule has 0 N–H and O–H groups in total. The third-order valence-corrected chi connectivity index (χ3v) is 3.80. The Balaban J connectivity index is 2.22. The van der Waals surface area contributed by atoms with Gasteiger partial charge in [-0.25, -0.2) is 0 Å². The highest BCUT2D eigenvalue weighted by molar-refractivity contribution is 9.10. The number of rotatable bonds is 5. The van der Waals surface area contributed by atoms with Crippen LogP contribution in [-0.4, -0.2) is 32.1 Å². The highest BCUT2D eigenvalue weighted by atomic mass is 79.9. The van der Waals surface area contributed by atoms with Gasteiger partial charge < -0.3 is 14.4 Å². The largest absolute Gasteiger partial charge is 0.493 e. The summed E-state index contributed by atoms with van der Waals surface area (Å²) in [5.74, 6) is 1.26. The predicted octanol–water partition coefficient (Wildman–Crippen LogP) is 3.74. The molecule has 0 atom stereocenters. The van der Waals surface area contributed by atoms with Crippen molar-refractivity contribution in [2.45, 2.75) is 6.54 Å². The van der Waals surface area contributed by atoms with E-state index in [-0.39, 0.29) is 5.91 Å².